The fourth-order valence-corrected chi connectivity index (χ4v) is 3.57. The third-order valence-corrected chi connectivity index (χ3v) is 5.04. The minimum atomic E-state index is 0.456. The highest BCUT2D eigenvalue weighted by atomic mass is 79.9. The van der Waals surface area contributed by atoms with Crippen LogP contribution in [-0.4, -0.2) is 13.1 Å². The van der Waals surface area contributed by atoms with E-state index in [2.05, 4.69) is 58.4 Å². The first-order valence-electron chi connectivity index (χ1n) is 6.21. The van der Waals surface area contributed by atoms with Crippen molar-refractivity contribution in [2.45, 2.75) is 24.7 Å². The second kappa shape index (κ2) is 6.78. The van der Waals surface area contributed by atoms with Crippen LogP contribution in [0.2, 0.25) is 5.02 Å². The van der Waals surface area contributed by atoms with Crippen molar-refractivity contribution < 1.29 is 0 Å². The summed E-state index contributed by atoms with van der Waals surface area (Å²) in [5, 5.41) is 3.74. The van der Waals surface area contributed by atoms with E-state index in [9.17, 15) is 0 Å². The Bertz CT molecular complexity index is 527. The largest absolute Gasteiger partial charge is 0.371 e. The van der Waals surface area contributed by atoms with Gasteiger partial charge in [-0.1, -0.05) is 33.6 Å². The molecule has 1 atom stereocenters. The molecule has 0 bridgehead atoms. The minimum absolute atomic E-state index is 0.456. The molecule has 0 aliphatic heterocycles. The van der Waals surface area contributed by atoms with E-state index < -0.39 is 0 Å². The van der Waals surface area contributed by atoms with Gasteiger partial charge in [-0.15, -0.1) is 11.3 Å². The SMILES string of the molecule is CC(Cc1cccs1)N(C)c1ccc(Cl)cc1CBr. The molecular weight excluding hydrogens is 342 g/mol. The molecule has 0 N–H and O–H groups in total. The van der Waals surface area contributed by atoms with Gasteiger partial charge < -0.3 is 4.90 Å². The topological polar surface area (TPSA) is 3.24 Å². The Labute approximate surface area is 132 Å². The molecule has 0 radical (unpaired) electrons. The molecule has 19 heavy (non-hydrogen) atoms. The lowest BCUT2D eigenvalue weighted by Crippen LogP contribution is -2.31. The number of thiophene rings is 1. The number of rotatable bonds is 5. The Kier molecular flexibility index (Phi) is 5.31. The lowest BCUT2D eigenvalue weighted by Gasteiger charge is -2.28. The molecule has 1 unspecified atom stereocenters. The molecule has 2 aromatic rings. The van der Waals surface area contributed by atoms with Crippen molar-refractivity contribution in [1.82, 2.24) is 0 Å². The molecule has 1 heterocycles. The van der Waals surface area contributed by atoms with Crippen molar-refractivity contribution in [3.05, 3.63) is 51.2 Å². The Hall–Kier alpha value is -0.510. The first kappa shape index (κ1) is 14.9. The van der Waals surface area contributed by atoms with E-state index in [0.29, 0.717) is 6.04 Å². The van der Waals surface area contributed by atoms with Crippen molar-refractivity contribution in [3.8, 4) is 0 Å². The maximum atomic E-state index is 6.06. The quantitative estimate of drug-likeness (QED) is 0.650. The van der Waals surface area contributed by atoms with E-state index in [1.807, 2.05) is 23.5 Å². The Morgan fingerprint density at radius 2 is 2.16 bits per heavy atom. The second-order valence-electron chi connectivity index (χ2n) is 4.65. The third kappa shape index (κ3) is 3.74. The number of hydrogen-bond acceptors (Lipinski definition) is 2. The van der Waals surface area contributed by atoms with Crippen LogP contribution in [0.5, 0.6) is 0 Å². The fourth-order valence-electron chi connectivity index (χ4n) is 2.10. The molecule has 1 aromatic heterocycles. The van der Waals surface area contributed by atoms with E-state index in [0.717, 1.165) is 16.8 Å². The standard InChI is InChI=1S/C15H17BrClNS/c1-11(8-14-4-3-7-19-14)18(2)15-6-5-13(17)9-12(15)10-16/h3-7,9,11H,8,10H2,1-2H3. The van der Waals surface area contributed by atoms with Gasteiger partial charge in [0.05, 0.1) is 0 Å². The average Bonchev–Trinajstić information content (AvgIpc) is 2.90. The summed E-state index contributed by atoms with van der Waals surface area (Å²) in [7, 11) is 2.15. The molecule has 0 saturated carbocycles. The first-order chi connectivity index (χ1) is 9.11. The smallest absolute Gasteiger partial charge is 0.0410 e. The Morgan fingerprint density at radius 1 is 1.37 bits per heavy atom. The van der Waals surface area contributed by atoms with Gasteiger partial charge in [0.1, 0.15) is 0 Å². The van der Waals surface area contributed by atoms with E-state index in [4.69, 9.17) is 11.6 Å². The summed E-state index contributed by atoms with van der Waals surface area (Å²) in [6.07, 6.45) is 1.07. The number of likely N-dealkylation sites (N-methyl/N-ethyl adjacent to an activating group) is 1. The van der Waals surface area contributed by atoms with Gasteiger partial charge in [-0.25, -0.2) is 0 Å². The summed E-state index contributed by atoms with van der Waals surface area (Å²) in [5.41, 5.74) is 2.47. The van der Waals surface area contributed by atoms with E-state index in [-0.39, 0.29) is 0 Å². The van der Waals surface area contributed by atoms with E-state index >= 15 is 0 Å². The zero-order valence-corrected chi connectivity index (χ0v) is 14.2. The van der Waals surface area contributed by atoms with Crippen LogP contribution < -0.4 is 4.90 Å². The van der Waals surface area contributed by atoms with Crippen LogP contribution in [0.25, 0.3) is 0 Å². The molecule has 0 amide bonds. The van der Waals surface area contributed by atoms with Crippen molar-refractivity contribution in [2.24, 2.45) is 0 Å². The number of halogens is 2. The van der Waals surface area contributed by atoms with Gasteiger partial charge in [-0.3, -0.25) is 0 Å². The van der Waals surface area contributed by atoms with Crippen LogP contribution in [0.3, 0.4) is 0 Å². The van der Waals surface area contributed by atoms with Gasteiger partial charge in [-0.2, -0.15) is 0 Å². The summed E-state index contributed by atoms with van der Waals surface area (Å²) in [4.78, 5) is 3.75. The number of hydrogen-bond donors (Lipinski definition) is 0. The number of benzene rings is 1. The molecule has 0 fully saturated rings. The summed E-state index contributed by atoms with van der Waals surface area (Å²) >= 11 is 11.4. The molecule has 1 aromatic carbocycles. The first-order valence-corrected chi connectivity index (χ1v) is 8.59. The van der Waals surface area contributed by atoms with Crippen molar-refractivity contribution in [3.63, 3.8) is 0 Å². The predicted molar refractivity (Wildman–Crippen MR) is 90.0 cm³/mol. The molecule has 102 valence electrons. The average molecular weight is 359 g/mol. The number of alkyl halides is 1. The maximum absolute atomic E-state index is 6.06. The van der Waals surface area contributed by atoms with Gasteiger partial charge >= 0.3 is 0 Å². The predicted octanol–water partition coefficient (Wildman–Crippen LogP) is 5.36. The lowest BCUT2D eigenvalue weighted by atomic mass is 10.1. The zero-order chi connectivity index (χ0) is 13.8. The van der Waals surface area contributed by atoms with Crippen LogP contribution >= 0.6 is 38.9 Å². The van der Waals surface area contributed by atoms with E-state index in [1.165, 1.54) is 16.1 Å². The van der Waals surface area contributed by atoms with Crippen molar-refractivity contribution >= 4 is 44.6 Å². The van der Waals surface area contributed by atoms with Crippen LogP contribution in [0.1, 0.15) is 17.4 Å². The molecule has 2 rings (SSSR count). The summed E-state index contributed by atoms with van der Waals surface area (Å²) in [5.74, 6) is 0. The molecule has 0 saturated heterocycles. The number of nitrogens with zero attached hydrogens (tertiary/aromatic N) is 1. The molecule has 4 heteroatoms. The highest BCUT2D eigenvalue weighted by Crippen LogP contribution is 2.28. The molecule has 1 nitrogen and oxygen atoms in total. The van der Waals surface area contributed by atoms with Gasteiger partial charge in [0.15, 0.2) is 0 Å². The highest BCUT2D eigenvalue weighted by molar-refractivity contribution is 9.08. The van der Waals surface area contributed by atoms with Crippen molar-refractivity contribution in [2.75, 3.05) is 11.9 Å². The lowest BCUT2D eigenvalue weighted by molar-refractivity contribution is 0.686. The van der Waals surface area contributed by atoms with Crippen molar-refractivity contribution in [1.29, 1.82) is 0 Å². The van der Waals surface area contributed by atoms with Crippen LogP contribution in [-0.2, 0) is 11.8 Å². The Morgan fingerprint density at radius 3 is 2.79 bits per heavy atom. The molecule has 0 aliphatic rings. The highest BCUT2D eigenvalue weighted by Gasteiger charge is 2.14. The molecule has 0 aliphatic carbocycles. The van der Waals surface area contributed by atoms with Gasteiger partial charge in [0.2, 0.25) is 0 Å². The number of anilines is 1. The monoisotopic (exact) mass is 357 g/mol. The third-order valence-electron chi connectivity index (χ3n) is 3.30. The summed E-state index contributed by atoms with van der Waals surface area (Å²) in [6, 6.07) is 10.8. The molecule has 0 spiro atoms. The fraction of sp³-hybridized carbons (Fsp3) is 0.333. The molecular formula is C15H17BrClNS. The summed E-state index contributed by atoms with van der Waals surface area (Å²) in [6.45, 7) is 2.26. The van der Waals surface area contributed by atoms with Gasteiger partial charge in [0.25, 0.3) is 0 Å². The maximum Gasteiger partial charge on any atom is 0.0410 e. The minimum Gasteiger partial charge on any atom is -0.371 e. The van der Waals surface area contributed by atoms with Crippen LogP contribution in [0.15, 0.2) is 35.7 Å². The van der Waals surface area contributed by atoms with Gasteiger partial charge in [0, 0.05) is 40.4 Å². The van der Waals surface area contributed by atoms with Gasteiger partial charge in [-0.05, 0) is 42.1 Å². The second-order valence-corrected chi connectivity index (χ2v) is 6.68. The van der Waals surface area contributed by atoms with Crippen LogP contribution in [0, 0.1) is 0 Å². The van der Waals surface area contributed by atoms with E-state index in [1.54, 1.807) is 0 Å². The summed E-state index contributed by atoms with van der Waals surface area (Å²) < 4.78 is 0. The van der Waals surface area contributed by atoms with Crippen LogP contribution in [0.4, 0.5) is 5.69 Å². The Balaban J connectivity index is 2.16. The zero-order valence-electron chi connectivity index (χ0n) is 11.1. The normalized spacial score (nSPS) is 12.4.